The quantitative estimate of drug-likeness (QED) is 0.862. The lowest BCUT2D eigenvalue weighted by atomic mass is 10.1. The smallest absolute Gasteiger partial charge is 0.150 e. The van der Waals surface area contributed by atoms with E-state index < -0.39 is 5.82 Å². The average molecular weight is 271 g/mol. The Morgan fingerprint density at radius 3 is 2.80 bits per heavy atom. The molecular weight excluding hydrogens is 263 g/mol. The molecular formula is C9H8BrFN4. The topological polar surface area (TPSA) is 56.7 Å². The van der Waals surface area contributed by atoms with Crippen molar-refractivity contribution in [3.63, 3.8) is 0 Å². The summed E-state index contributed by atoms with van der Waals surface area (Å²) in [6, 6.07) is 0. The van der Waals surface area contributed by atoms with Crippen LogP contribution in [0.25, 0.3) is 11.1 Å². The van der Waals surface area contributed by atoms with Gasteiger partial charge in [-0.2, -0.15) is 5.10 Å². The third-order valence-electron chi connectivity index (χ3n) is 2.00. The van der Waals surface area contributed by atoms with E-state index in [4.69, 9.17) is 5.73 Å². The predicted molar refractivity (Wildman–Crippen MR) is 58.5 cm³/mol. The summed E-state index contributed by atoms with van der Waals surface area (Å²) in [5.74, 6) is -0.282. The second-order valence-electron chi connectivity index (χ2n) is 3.09. The third kappa shape index (κ3) is 1.72. The predicted octanol–water partition coefficient (Wildman–Crippen LogP) is 1.97. The van der Waals surface area contributed by atoms with E-state index in [-0.39, 0.29) is 10.3 Å². The zero-order chi connectivity index (χ0) is 11.0. The van der Waals surface area contributed by atoms with E-state index in [1.807, 2.05) is 0 Å². The van der Waals surface area contributed by atoms with Crippen molar-refractivity contribution in [3.8, 4) is 11.1 Å². The number of aromatic nitrogens is 3. The van der Waals surface area contributed by atoms with Crippen molar-refractivity contribution >= 4 is 21.7 Å². The molecule has 0 radical (unpaired) electrons. The number of pyridine rings is 1. The van der Waals surface area contributed by atoms with Gasteiger partial charge in [0.15, 0.2) is 5.82 Å². The second kappa shape index (κ2) is 3.62. The summed E-state index contributed by atoms with van der Waals surface area (Å²) < 4.78 is 15.5. The first kappa shape index (κ1) is 10.1. The zero-order valence-electron chi connectivity index (χ0n) is 7.91. The Bertz CT molecular complexity index is 509. The molecule has 2 aromatic heterocycles. The van der Waals surface area contributed by atoms with Gasteiger partial charge in [-0.05, 0) is 15.9 Å². The van der Waals surface area contributed by atoms with Crippen molar-refractivity contribution in [1.82, 2.24) is 14.8 Å². The summed E-state index contributed by atoms with van der Waals surface area (Å²) >= 11 is 3.04. The Labute approximate surface area is 94.1 Å². The van der Waals surface area contributed by atoms with E-state index in [9.17, 15) is 4.39 Å². The van der Waals surface area contributed by atoms with Gasteiger partial charge in [0, 0.05) is 30.6 Å². The molecule has 78 valence electrons. The Kier molecular flexibility index (Phi) is 2.44. The highest BCUT2D eigenvalue weighted by Crippen LogP contribution is 2.29. The maximum absolute atomic E-state index is 13.8. The highest BCUT2D eigenvalue weighted by Gasteiger charge is 2.13. The van der Waals surface area contributed by atoms with Gasteiger partial charge in [0.1, 0.15) is 5.82 Å². The fraction of sp³-hybridized carbons (Fsp3) is 0.111. The average Bonchev–Trinajstić information content (AvgIpc) is 2.61. The number of nitrogens with zero attached hydrogens (tertiary/aromatic N) is 3. The number of hydrogen-bond acceptors (Lipinski definition) is 3. The Morgan fingerprint density at radius 2 is 2.20 bits per heavy atom. The normalized spacial score (nSPS) is 10.6. The standard InChI is InChI=1S/C9H8BrFN4/c1-15-4-5(2-14-15)6-3-13-9(12)7(10)8(6)11/h2-4H,1H3,(H2,12,13). The number of halogens is 2. The molecule has 2 N–H and O–H groups in total. The number of hydrogen-bond donors (Lipinski definition) is 1. The summed E-state index contributed by atoms with van der Waals surface area (Å²) in [6.45, 7) is 0. The van der Waals surface area contributed by atoms with Crippen LogP contribution in [-0.2, 0) is 7.05 Å². The molecule has 0 aromatic carbocycles. The van der Waals surface area contributed by atoms with Crippen LogP contribution in [-0.4, -0.2) is 14.8 Å². The molecule has 2 rings (SSSR count). The number of nitrogens with two attached hydrogens (primary N) is 1. The van der Waals surface area contributed by atoms with Crippen molar-refractivity contribution in [2.45, 2.75) is 0 Å². The molecule has 0 aliphatic carbocycles. The van der Waals surface area contributed by atoms with E-state index >= 15 is 0 Å². The van der Waals surface area contributed by atoms with E-state index in [1.54, 1.807) is 24.1 Å². The molecule has 6 heteroatoms. The maximum atomic E-state index is 13.8. The fourth-order valence-corrected chi connectivity index (χ4v) is 1.56. The molecule has 0 aliphatic rings. The lowest BCUT2D eigenvalue weighted by Gasteiger charge is -2.03. The Balaban J connectivity index is 2.59. The van der Waals surface area contributed by atoms with Crippen molar-refractivity contribution in [3.05, 3.63) is 28.9 Å². The summed E-state index contributed by atoms with van der Waals surface area (Å²) in [7, 11) is 1.77. The van der Waals surface area contributed by atoms with Crippen molar-refractivity contribution < 1.29 is 4.39 Å². The molecule has 0 aliphatic heterocycles. The molecule has 4 nitrogen and oxygen atoms in total. The molecule has 0 unspecified atom stereocenters. The van der Waals surface area contributed by atoms with Crippen LogP contribution in [0, 0.1) is 5.82 Å². The summed E-state index contributed by atoms with van der Waals surface area (Å²) in [4.78, 5) is 3.88. The minimum atomic E-state index is -0.421. The van der Waals surface area contributed by atoms with E-state index in [1.165, 1.54) is 6.20 Å². The summed E-state index contributed by atoms with van der Waals surface area (Å²) in [5, 5.41) is 3.96. The Hall–Kier alpha value is -1.43. The van der Waals surface area contributed by atoms with Gasteiger partial charge < -0.3 is 5.73 Å². The number of anilines is 1. The van der Waals surface area contributed by atoms with Crippen molar-refractivity contribution in [2.24, 2.45) is 7.05 Å². The van der Waals surface area contributed by atoms with Gasteiger partial charge in [-0.25, -0.2) is 9.37 Å². The van der Waals surface area contributed by atoms with Crippen LogP contribution in [0.15, 0.2) is 23.1 Å². The second-order valence-corrected chi connectivity index (χ2v) is 3.88. The van der Waals surface area contributed by atoms with Gasteiger partial charge in [-0.1, -0.05) is 0 Å². The van der Waals surface area contributed by atoms with Gasteiger partial charge in [0.25, 0.3) is 0 Å². The number of rotatable bonds is 1. The molecule has 15 heavy (non-hydrogen) atoms. The van der Waals surface area contributed by atoms with Crippen LogP contribution in [0.1, 0.15) is 0 Å². The van der Waals surface area contributed by atoms with Crippen LogP contribution in [0.2, 0.25) is 0 Å². The van der Waals surface area contributed by atoms with Crippen LogP contribution in [0.5, 0.6) is 0 Å². The number of nitrogen functional groups attached to an aromatic ring is 1. The Morgan fingerprint density at radius 1 is 1.47 bits per heavy atom. The number of aryl methyl sites for hydroxylation is 1. The monoisotopic (exact) mass is 270 g/mol. The van der Waals surface area contributed by atoms with E-state index in [0.29, 0.717) is 11.1 Å². The highest BCUT2D eigenvalue weighted by molar-refractivity contribution is 9.10. The first-order valence-corrected chi connectivity index (χ1v) is 4.97. The van der Waals surface area contributed by atoms with Gasteiger partial charge >= 0.3 is 0 Å². The molecule has 2 heterocycles. The van der Waals surface area contributed by atoms with E-state index in [2.05, 4.69) is 26.0 Å². The summed E-state index contributed by atoms with van der Waals surface area (Å²) in [5.41, 5.74) is 6.50. The zero-order valence-corrected chi connectivity index (χ0v) is 9.49. The maximum Gasteiger partial charge on any atom is 0.150 e. The summed E-state index contributed by atoms with van der Waals surface area (Å²) in [6.07, 6.45) is 4.68. The molecule has 0 spiro atoms. The largest absolute Gasteiger partial charge is 0.383 e. The molecule has 0 amide bonds. The minimum Gasteiger partial charge on any atom is -0.383 e. The lowest BCUT2D eigenvalue weighted by Crippen LogP contribution is -1.96. The van der Waals surface area contributed by atoms with Crippen molar-refractivity contribution in [2.75, 3.05) is 5.73 Å². The molecule has 0 saturated heterocycles. The third-order valence-corrected chi connectivity index (χ3v) is 2.76. The fourth-order valence-electron chi connectivity index (χ4n) is 1.24. The van der Waals surface area contributed by atoms with Crippen molar-refractivity contribution in [1.29, 1.82) is 0 Å². The highest BCUT2D eigenvalue weighted by atomic mass is 79.9. The first-order chi connectivity index (χ1) is 7.09. The molecule has 0 fully saturated rings. The molecule has 0 atom stereocenters. The van der Waals surface area contributed by atoms with Gasteiger partial charge in [-0.15, -0.1) is 0 Å². The van der Waals surface area contributed by atoms with Gasteiger partial charge in [0.2, 0.25) is 0 Å². The SMILES string of the molecule is Cn1cc(-c2cnc(N)c(Br)c2F)cn1. The van der Waals surface area contributed by atoms with Crippen LogP contribution in [0.3, 0.4) is 0 Å². The van der Waals surface area contributed by atoms with E-state index in [0.717, 1.165) is 0 Å². The van der Waals surface area contributed by atoms with Crippen LogP contribution in [0.4, 0.5) is 10.2 Å². The minimum absolute atomic E-state index is 0.139. The van der Waals surface area contributed by atoms with Gasteiger partial charge in [-0.3, -0.25) is 4.68 Å². The molecule has 0 saturated carbocycles. The molecule has 2 aromatic rings. The van der Waals surface area contributed by atoms with Gasteiger partial charge in [0.05, 0.1) is 10.7 Å². The van der Waals surface area contributed by atoms with Crippen LogP contribution < -0.4 is 5.73 Å². The van der Waals surface area contributed by atoms with Crippen LogP contribution >= 0.6 is 15.9 Å². The first-order valence-electron chi connectivity index (χ1n) is 4.18. The lowest BCUT2D eigenvalue weighted by molar-refractivity contribution is 0.623. The molecule has 0 bridgehead atoms.